The number of hydrogen-bond acceptors (Lipinski definition) is 4. The number of alkyl halides is 3. The highest BCUT2D eigenvalue weighted by Gasteiger charge is 2.30. The number of methoxy groups -OCH3 is 1. The second-order valence-corrected chi connectivity index (χ2v) is 5.22. The van der Waals surface area contributed by atoms with E-state index in [1.165, 1.54) is 37.4 Å². The molecule has 0 spiro atoms. The molecule has 3 rings (SSSR count). The third kappa shape index (κ3) is 3.23. The number of carbonyl (C=O) groups excluding carboxylic acids is 1. The first-order chi connectivity index (χ1) is 11.8. The Balaban J connectivity index is 2.17. The molecule has 0 unspecified atom stereocenters. The molecule has 0 aliphatic rings. The molecule has 25 heavy (non-hydrogen) atoms. The molecule has 0 fully saturated rings. The molecule has 5 nitrogen and oxygen atoms in total. The van der Waals surface area contributed by atoms with Gasteiger partial charge in [0.1, 0.15) is 5.82 Å². The maximum atomic E-state index is 12.9. The molecule has 0 amide bonds. The van der Waals surface area contributed by atoms with Crippen LogP contribution in [0.3, 0.4) is 0 Å². The van der Waals surface area contributed by atoms with E-state index in [0.29, 0.717) is 0 Å². The Morgan fingerprint density at radius 2 is 1.92 bits per heavy atom. The van der Waals surface area contributed by atoms with Gasteiger partial charge in [-0.05, 0) is 30.3 Å². The molecule has 3 aromatic rings. The summed E-state index contributed by atoms with van der Waals surface area (Å²) >= 11 is 0. The molecule has 8 heteroatoms. The lowest BCUT2D eigenvalue weighted by Crippen LogP contribution is -2.11. The number of H-pyrrole nitrogens is 1. The Morgan fingerprint density at radius 3 is 2.60 bits per heavy atom. The van der Waals surface area contributed by atoms with Gasteiger partial charge in [-0.25, -0.2) is 9.78 Å². The highest BCUT2D eigenvalue weighted by molar-refractivity contribution is 5.94. The first-order valence-corrected chi connectivity index (χ1v) is 7.09. The van der Waals surface area contributed by atoms with Gasteiger partial charge in [0.2, 0.25) is 0 Å². The fourth-order valence-corrected chi connectivity index (χ4v) is 2.36. The van der Waals surface area contributed by atoms with E-state index >= 15 is 0 Å². The van der Waals surface area contributed by atoms with Gasteiger partial charge in [0.15, 0.2) is 0 Å². The molecule has 1 N–H and O–H groups in total. The Bertz CT molecular complexity index is 1030. The van der Waals surface area contributed by atoms with Crippen molar-refractivity contribution in [1.82, 2.24) is 9.97 Å². The van der Waals surface area contributed by atoms with Crippen molar-refractivity contribution in [3.8, 4) is 11.4 Å². The lowest BCUT2D eigenvalue weighted by atomic mass is 10.1. The molecule has 0 aliphatic heterocycles. The first kappa shape index (κ1) is 16.7. The summed E-state index contributed by atoms with van der Waals surface area (Å²) in [6.45, 7) is 0. The largest absolute Gasteiger partial charge is 0.465 e. The van der Waals surface area contributed by atoms with E-state index in [4.69, 9.17) is 0 Å². The van der Waals surface area contributed by atoms with E-state index in [1.54, 1.807) is 0 Å². The van der Waals surface area contributed by atoms with Gasteiger partial charge >= 0.3 is 12.1 Å². The van der Waals surface area contributed by atoms with E-state index < -0.39 is 23.3 Å². The maximum Gasteiger partial charge on any atom is 0.416 e. The van der Waals surface area contributed by atoms with Gasteiger partial charge in [0.05, 0.1) is 29.1 Å². The van der Waals surface area contributed by atoms with Crippen molar-refractivity contribution in [3.63, 3.8) is 0 Å². The molecule has 0 saturated heterocycles. The van der Waals surface area contributed by atoms with E-state index in [0.717, 1.165) is 12.1 Å². The van der Waals surface area contributed by atoms with Crippen LogP contribution in [-0.4, -0.2) is 23.0 Å². The fourth-order valence-electron chi connectivity index (χ4n) is 2.36. The zero-order valence-corrected chi connectivity index (χ0v) is 12.8. The second kappa shape index (κ2) is 6.04. The van der Waals surface area contributed by atoms with Gasteiger partial charge in [0.25, 0.3) is 5.56 Å². The number of benzene rings is 2. The highest BCUT2D eigenvalue weighted by atomic mass is 19.4. The monoisotopic (exact) mass is 348 g/mol. The Kier molecular flexibility index (Phi) is 4.03. The number of nitrogens with zero attached hydrogens (tertiary/aromatic N) is 1. The summed E-state index contributed by atoms with van der Waals surface area (Å²) in [5, 5.41) is 0.211. The Hall–Kier alpha value is -3.16. The SMILES string of the molecule is COC(=O)c1ccc2c(=O)[nH]c(-c3cccc(C(F)(F)F)c3)nc2c1. The number of fused-ring (bicyclic) bond motifs is 1. The summed E-state index contributed by atoms with van der Waals surface area (Å²) in [5.74, 6) is -0.629. The van der Waals surface area contributed by atoms with Crippen molar-refractivity contribution < 1.29 is 22.7 Å². The number of halogens is 3. The molecular formula is C17H11F3N2O3. The van der Waals surface area contributed by atoms with Crippen LogP contribution in [0.1, 0.15) is 15.9 Å². The number of carbonyl (C=O) groups is 1. The molecule has 0 aliphatic carbocycles. The molecule has 0 bridgehead atoms. The minimum atomic E-state index is -4.51. The van der Waals surface area contributed by atoms with E-state index in [9.17, 15) is 22.8 Å². The quantitative estimate of drug-likeness (QED) is 0.721. The van der Waals surface area contributed by atoms with Crippen LogP contribution in [0.15, 0.2) is 47.3 Å². The van der Waals surface area contributed by atoms with Crippen LogP contribution in [0.2, 0.25) is 0 Å². The third-order valence-electron chi connectivity index (χ3n) is 3.59. The average Bonchev–Trinajstić information content (AvgIpc) is 2.59. The van der Waals surface area contributed by atoms with Crippen molar-refractivity contribution in [2.75, 3.05) is 7.11 Å². The molecule has 0 saturated carbocycles. The predicted octanol–water partition coefficient (Wildman–Crippen LogP) is 3.40. The summed E-state index contributed by atoms with van der Waals surface area (Å²) in [5.41, 5.74) is -0.899. The van der Waals surface area contributed by atoms with Crippen LogP contribution in [-0.2, 0) is 10.9 Å². The lowest BCUT2D eigenvalue weighted by Gasteiger charge is -2.09. The molecule has 2 aromatic carbocycles. The summed E-state index contributed by atoms with van der Waals surface area (Å²) in [7, 11) is 1.21. The normalized spacial score (nSPS) is 11.5. The van der Waals surface area contributed by atoms with Crippen LogP contribution >= 0.6 is 0 Å². The molecule has 1 heterocycles. The fraction of sp³-hybridized carbons (Fsp3) is 0.118. The van der Waals surface area contributed by atoms with Crippen molar-refractivity contribution in [1.29, 1.82) is 0 Å². The number of ether oxygens (including phenoxy) is 1. The maximum absolute atomic E-state index is 12.9. The minimum Gasteiger partial charge on any atom is -0.465 e. The second-order valence-electron chi connectivity index (χ2n) is 5.22. The third-order valence-corrected chi connectivity index (χ3v) is 3.59. The van der Waals surface area contributed by atoms with Gasteiger partial charge in [-0.15, -0.1) is 0 Å². The summed E-state index contributed by atoms with van der Waals surface area (Å²) < 4.78 is 43.2. The lowest BCUT2D eigenvalue weighted by molar-refractivity contribution is -0.137. The zero-order chi connectivity index (χ0) is 18.2. The van der Waals surface area contributed by atoms with Gasteiger partial charge in [-0.1, -0.05) is 12.1 Å². The van der Waals surface area contributed by atoms with Crippen LogP contribution in [0.25, 0.3) is 22.3 Å². The van der Waals surface area contributed by atoms with Crippen LogP contribution in [0, 0.1) is 0 Å². The van der Waals surface area contributed by atoms with E-state index in [-0.39, 0.29) is 27.9 Å². The van der Waals surface area contributed by atoms with Crippen LogP contribution in [0.5, 0.6) is 0 Å². The van der Waals surface area contributed by atoms with E-state index in [2.05, 4.69) is 14.7 Å². The van der Waals surface area contributed by atoms with Gasteiger partial charge in [-0.3, -0.25) is 4.79 Å². The standard InChI is InChI=1S/C17H11F3N2O3/c1-25-16(24)10-5-6-12-13(8-10)21-14(22-15(12)23)9-3-2-4-11(7-9)17(18,19)20/h2-8H,1H3,(H,21,22,23). The molecule has 1 aromatic heterocycles. The van der Waals surface area contributed by atoms with Crippen molar-refractivity contribution in [2.45, 2.75) is 6.18 Å². The number of rotatable bonds is 2. The highest BCUT2D eigenvalue weighted by Crippen LogP contribution is 2.31. The average molecular weight is 348 g/mol. The van der Waals surface area contributed by atoms with Gasteiger partial charge < -0.3 is 9.72 Å². The number of esters is 1. The Morgan fingerprint density at radius 1 is 1.16 bits per heavy atom. The number of aromatic nitrogens is 2. The molecule has 128 valence electrons. The summed E-state index contributed by atoms with van der Waals surface area (Å²) in [4.78, 5) is 30.4. The van der Waals surface area contributed by atoms with Gasteiger partial charge in [-0.2, -0.15) is 13.2 Å². The van der Waals surface area contributed by atoms with Crippen LogP contribution in [0.4, 0.5) is 13.2 Å². The summed E-state index contributed by atoms with van der Waals surface area (Å²) in [6, 6.07) is 8.63. The molecule has 0 radical (unpaired) electrons. The van der Waals surface area contributed by atoms with Crippen molar-refractivity contribution in [3.05, 3.63) is 63.9 Å². The summed E-state index contributed by atoms with van der Waals surface area (Å²) in [6.07, 6.45) is -4.51. The van der Waals surface area contributed by atoms with Crippen molar-refractivity contribution >= 4 is 16.9 Å². The van der Waals surface area contributed by atoms with E-state index in [1.807, 2.05) is 0 Å². The zero-order valence-electron chi connectivity index (χ0n) is 12.8. The van der Waals surface area contributed by atoms with Crippen molar-refractivity contribution in [2.24, 2.45) is 0 Å². The smallest absolute Gasteiger partial charge is 0.416 e. The van der Waals surface area contributed by atoms with Gasteiger partial charge in [0, 0.05) is 5.56 Å². The Labute approximate surface area is 139 Å². The molecule has 0 atom stereocenters. The first-order valence-electron chi connectivity index (χ1n) is 7.09. The number of hydrogen-bond donors (Lipinski definition) is 1. The predicted molar refractivity (Wildman–Crippen MR) is 84.1 cm³/mol. The topological polar surface area (TPSA) is 72.1 Å². The minimum absolute atomic E-state index is 0.0226. The van der Waals surface area contributed by atoms with Crippen LogP contribution < -0.4 is 5.56 Å². The number of aromatic amines is 1. The number of nitrogens with one attached hydrogen (secondary N) is 1. The molecular weight excluding hydrogens is 337 g/mol.